The van der Waals surface area contributed by atoms with E-state index >= 15 is 0 Å². The van der Waals surface area contributed by atoms with Crippen LogP contribution in [0.5, 0.6) is 0 Å². The second-order valence-corrected chi connectivity index (χ2v) is 14.8. The van der Waals surface area contributed by atoms with Crippen LogP contribution in [0, 0.1) is 0 Å². The number of rotatable bonds is 6. The van der Waals surface area contributed by atoms with Crippen molar-refractivity contribution in [2.75, 3.05) is 0 Å². The van der Waals surface area contributed by atoms with E-state index in [0.29, 0.717) is 0 Å². The molecule has 4 nitrogen and oxygen atoms in total. The average Bonchev–Trinajstić information content (AvgIpc) is 3.67. The van der Waals surface area contributed by atoms with Gasteiger partial charge in [0.15, 0.2) is 0 Å². The number of furan rings is 1. The van der Waals surface area contributed by atoms with E-state index in [-0.39, 0.29) is 12.3 Å². The highest BCUT2D eigenvalue weighted by atomic mass is 16.3. The van der Waals surface area contributed by atoms with Gasteiger partial charge in [0.05, 0.1) is 0 Å². The lowest BCUT2D eigenvalue weighted by Crippen LogP contribution is -2.44. The summed E-state index contributed by atoms with van der Waals surface area (Å²) in [6, 6.07) is 71.2. The Kier molecular flexibility index (Phi) is 8.01. The standard InChI is InChI=1S/C53H37N3O/c1-2-13-39(14-3-1)51-54-52(40-28-21-35(22-29-40)42-30-23-34-11-4-5-15-41(34)31-42)56-53(55-51)43-32-47(50-46-18-8-9-20-48(46)57-49(50)33-43)38-26-24-37(25-27-38)45-19-10-16-36-12-6-7-17-44(36)45/h1-33,52-53,56H,(H,54,55). The molecule has 57 heavy (non-hydrogen) atoms. The number of nitrogens with one attached hydrogen (secondary N) is 2. The third kappa shape index (κ3) is 6.04. The fraction of sp³-hybridized carbons (Fsp3) is 0.0377. The minimum absolute atomic E-state index is 0.192. The van der Waals surface area contributed by atoms with Crippen LogP contribution in [0.1, 0.15) is 29.0 Å². The summed E-state index contributed by atoms with van der Waals surface area (Å²) in [5.41, 5.74) is 11.9. The van der Waals surface area contributed by atoms with E-state index in [0.717, 1.165) is 55.6 Å². The van der Waals surface area contributed by atoms with Crippen molar-refractivity contribution in [2.45, 2.75) is 12.3 Å². The van der Waals surface area contributed by atoms with Gasteiger partial charge in [0.1, 0.15) is 29.3 Å². The third-order valence-electron chi connectivity index (χ3n) is 11.4. The summed E-state index contributed by atoms with van der Waals surface area (Å²) in [4.78, 5) is 5.32. The Balaban J connectivity index is 0.999. The first kappa shape index (κ1) is 33.1. The number of fused-ring (bicyclic) bond motifs is 5. The van der Waals surface area contributed by atoms with Crippen molar-refractivity contribution in [1.82, 2.24) is 10.6 Å². The molecule has 0 aliphatic carbocycles. The van der Waals surface area contributed by atoms with E-state index in [2.05, 4.69) is 199 Å². The summed E-state index contributed by atoms with van der Waals surface area (Å²) in [5.74, 6) is 0.841. The van der Waals surface area contributed by atoms with Crippen molar-refractivity contribution < 1.29 is 4.42 Å². The van der Waals surface area contributed by atoms with Gasteiger partial charge in [-0.15, -0.1) is 0 Å². The van der Waals surface area contributed by atoms with E-state index in [1.165, 1.54) is 43.8 Å². The zero-order valence-electron chi connectivity index (χ0n) is 31.1. The van der Waals surface area contributed by atoms with Crippen LogP contribution in [-0.2, 0) is 0 Å². The molecule has 0 saturated heterocycles. The van der Waals surface area contributed by atoms with E-state index in [1.807, 2.05) is 12.1 Å². The maximum Gasteiger partial charge on any atom is 0.136 e. The Morgan fingerprint density at radius 1 is 0.404 bits per heavy atom. The van der Waals surface area contributed by atoms with E-state index in [9.17, 15) is 0 Å². The number of nitrogens with zero attached hydrogens (tertiary/aromatic N) is 1. The van der Waals surface area contributed by atoms with Crippen molar-refractivity contribution >= 4 is 49.3 Å². The number of hydrogen-bond acceptors (Lipinski definition) is 4. The molecule has 1 aliphatic rings. The molecule has 2 heterocycles. The van der Waals surface area contributed by atoms with Gasteiger partial charge in [-0.25, -0.2) is 4.99 Å². The summed E-state index contributed by atoms with van der Waals surface area (Å²) in [5, 5.41) is 14.8. The number of para-hydroxylation sites is 1. The minimum Gasteiger partial charge on any atom is -0.456 e. The molecule has 0 amide bonds. The molecular weight excluding hydrogens is 695 g/mol. The Labute approximate surface area is 330 Å². The van der Waals surface area contributed by atoms with Crippen LogP contribution >= 0.6 is 0 Å². The van der Waals surface area contributed by atoms with Gasteiger partial charge in [-0.1, -0.05) is 176 Å². The molecule has 0 spiro atoms. The molecule has 2 atom stereocenters. The zero-order valence-corrected chi connectivity index (χ0v) is 31.1. The predicted octanol–water partition coefficient (Wildman–Crippen LogP) is 13.2. The van der Waals surface area contributed by atoms with Crippen molar-refractivity contribution in [3.05, 3.63) is 217 Å². The molecule has 0 saturated carbocycles. The molecule has 2 unspecified atom stereocenters. The van der Waals surface area contributed by atoms with Crippen LogP contribution in [0.3, 0.4) is 0 Å². The molecule has 0 fully saturated rings. The van der Waals surface area contributed by atoms with Gasteiger partial charge in [0.2, 0.25) is 0 Å². The fourth-order valence-corrected chi connectivity index (χ4v) is 8.45. The molecule has 270 valence electrons. The highest BCUT2D eigenvalue weighted by Gasteiger charge is 2.27. The lowest BCUT2D eigenvalue weighted by Gasteiger charge is -2.32. The lowest BCUT2D eigenvalue weighted by molar-refractivity contribution is 0.409. The lowest BCUT2D eigenvalue weighted by atomic mass is 9.93. The van der Waals surface area contributed by atoms with Gasteiger partial charge in [-0.3, -0.25) is 5.32 Å². The minimum atomic E-state index is -0.349. The SMILES string of the molecule is c1ccc(C2=NC(c3cc(-c4ccc(-c5cccc6ccccc56)cc4)c4c(c3)oc3ccccc34)NC(c3ccc(-c4ccc5ccccc5c4)cc3)N2)cc1. The Bertz CT molecular complexity index is 3120. The maximum absolute atomic E-state index is 6.60. The summed E-state index contributed by atoms with van der Waals surface area (Å²) >= 11 is 0. The first-order valence-corrected chi connectivity index (χ1v) is 19.5. The van der Waals surface area contributed by atoms with E-state index in [4.69, 9.17) is 9.41 Å². The molecule has 0 radical (unpaired) electrons. The fourth-order valence-electron chi connectivity index (χ4n) is 8.45. The van der Waals surface area contributed by atoms with Crippen molar-refractivity contribution in [1.29, 1.82) is 0 Å². The summed E-state index contributed by atoms with van der Waals surface area (Å²) in [6.07, 6.45) is -0.541. The molecule has 10 aromatic rings. The van der Waals surface area contributed by atoms with Crippen LogP contribution in [0.2, 0.25) is 0 Å². The van der Waals surface area contributed by atoms with Crippen LogP contribution in [0.25, 0.3) is 76.9 Å². The third-order valence-corrected chi connectivity index (χ3v) is 11.4. The van der Waals surface area contributed by atoms with Crippen LogP contribution in [0.4, 0.5) is 0 Å². The zero-order chi connectivity index (χ0) is 37.7. The molecular formula is C53H37N3O. The molecule has 0 bridgehead atoms. The van der Waals surface area contributed by atoms with Gasteiger partial charge in [0, 0.05) is 16.3 Å². The Hall–Kier alpha value is -7.27. The summed E-state index contributed by atoms with van der Waals surface area (Å²) in [7, 11) is 0. The summed E-state index contributed by atoms with van der Waals surface area (Å²) in [6.45, 7) is 0. The van der Waals surface area contributed by atoms with Gasteiger partial charge in [0.25, 0.3) is 0 Å². The second kappa shape index (κ2) is 13.8. The molecule has 11 rings (SSSR count). The van der Waals surface area contributed by atoms with Crippen molar-refractivity contribution in [3.63, 3.8) is 0 Å². The number of amidine groups is 1. The molecule has 9 aromatic carbocycles. The van der Waals surface area contributed by atoms with Gasteiger partial charge >= 0.3 is 0 Å². The second-order valence-electron chi connectivity index (χ2n) is 14.8. The smallest absolute Gasteiger partial charge is 0.136 e. The molecule has 1 aromatic heterocycles. The first-order valence-electron chi connectivity index (χ1n) is 19.5. The number of benzene rings is 9. The average molecular weight is 732 g/mol. The predicted molar refractivity (Wildman–Crippen MR) is 236 cm³/mol. The molecule has 2 N–H and O–H groups in total. The van der Waals surface area contributed by atoms with Gasteiger partial charge < -0.3 is 9.73 Å². The van der Waals surface area contributed by atoms with Crippen LogP contribution in [0.15, 0.2) is 210 Å². The van der Waals surface area contributed by atoms with Crippen molar-refractivity contribution in [2.24, 2.45) is 4.99 Å². The summed E-state index contributed by atoms with van der Waals surface area (Å²) < 4.78 is 6.60. The number of hydrogen-bond donors (Lipinski definition) is 2. The van der Waals surface area contributed by atoms with Crippen LogP contribution < -0.4 is 10.6 Å². The highest BCUT2D eigenvalue weighted by Crippen LogP contribution is 2.41. The van der Waals surface area contributed by atoms with E-state index < -0.39 is 0 Å². The monoisotopic (exact) mass is 731 g/mol. The normalized spacial score (nSPS) is 15.5. The van der Waals surface area contributed by atoms with Crippen LogP contribution in [-0.4, -0.2) is 5.84 Å². The van der Waals surface area contributed by atoms with E-state index in [1.54, 1.807) is 0 Å². The Morgan fingerprint density at radius 3 is 1.88 bits per heavy atom. The topological polar surface area (TPSA) is 49.6 Å². The molecule has 1 aliphatic heterocycles. The maximum atomic E-state index is 6.60. The van der Waals surface area contributed by atoms with Gasteiger partial charge in [-0.2, -0.15) is 0 Å². The molecule has 4 heteroatoms. The Morgan fingerprint density at radius 2 is 1.05 bits per heavy atom. The van der Waals surface area contributed by atoms with Crippen molar-refractivity contribution in [3.8, 4) is 33.4 Å². The highest BCUT2D eigenvalue weighted by molar-refractivity contribution is 6.13. The first-order chi connectivity index (χ1) is 28.2. The largest absolute Gasteiger partial charge is 0.456 e. The quantitative estimate of drug-likeness (QED) is 0.179. The number of aliphatic imine (C=N–C) groups is 1. The van der Waals surface area contributed by atoms with Gasteiger partial charge in [-0.05, 0) is 90.3 Å².